The molecule has 0 aliphatic carbocycles. The summed E-state index contributed by atoms with van der Waals surface area (Å²) >= 11 is 5.87. The minimum Gasteiger partial charge on any atom is -0.396 e. The number of nitrogens with one attached hydrogen (secondary N) is 2. The van der Waals surface area contributed by atoms with Crippen molar-refractivity contribution in [3.8, 4) is 0 Å². The van der Waals surface area contributed by atoms with E-state index in [9.17, 15) is 9.59 Å². The predicted molar refractivity (Wildman–Crippen MR) is 73.9 cm³/mol. The van der Waals surface area contributed by atoms with Gasteiger partial charge in [0.25, 0.3) is 0 Å². The van der Waals surface area contributed by atoms with Crippen LogP contribution >= 0.6 is 11.6 Å². The summed E-state index contributed by atoms with van der Waals surface area (Å²) in [5, 5.41) is 14.3. The Morgan fingerprint density at radius 3 is 2.47 bits per heavy atom. The Morgan fingerprint density at radius 1 is 1.26 bits per heavy atom. The molecule has 0 aromatic heterocycles. The van der Waals surface area contributed by atoms with Crippen molar-refractivity contribution in [2.24, 2.45) is 5.92 Å². The lowest BCUT2D eigenvalue weighted by molar-refractivity contribution is -0.136. The number of halogens is 1. The maximum absolute atomic E-state index is 11.7. The van der Waals surface area contributed by atoms with E-state index in [4.69, 9.17) is 16.7 Å². The minimum atomic E-state index is -0.787. The summed E-state index contributed by atoms with van der Waals surface area (Å²) in [7, 11) is 0. The van der Waals surface area contributed by atoms with Crippen molar-refractivity contribution in [1.82, 2.24) is 5.32 Å². The number of hydrogen-bond acceptors (Lipinski definition) is 3. The Labute approximate surface area is 117 Å². The molecule has 0 aliphatic heterocycles. The first-order valence-electron chi connectivity index (χ1n) is 5.93. The van der Waals surface area contributed by atoms with Crippen molar-refractivity contribution in [2.45, 2.75) is 19.9 Å². The molecule has 104 valence electrons. The highest BCUT2D eigenvalue weighted by atomic mass is 35.5. The molecule has 1 aromatic rings. The Morgan fingerprint density at radius 2 is 1.89 bits per heavy atom. The highest BCUT2D eigenvalue weighted by Crippen LogP contribution is 2.20. The second-order valence-electron chi connectivity index (χ2n) is 4.36. The zero-order chi connectivity index (χ0) is 14.4. The van der Waals surface area contributed by atoms with Crippen LogP contribution in [0.15, 0.2) is 24.3 Å². The summed E-state index contributed by atoms with van der Waals surface area (Å²) in [6, 6.07) is 6.35. The van der Waals surface area contributed by atoms with E-state index < -0.39 is 11.8 Å². The van der Waals surface area contributed by atoms with Crippen LogP contribution in [-0.2, 0) is 9.59 Å². The summed E-state index contributed by atoms with van der Waals surface area (Å²) < 4.78 is 0. The molecule has 0 aliphatic rings. The van der Waals surface area contributed by atoms with Gasteiger partial charge in [-0.15, -0.1) is 0 Å². The SMILES string of the molecule is CC(CO)C(C)NC(=O)C(=O)Nc1ccccc1Cl. The third-order valence-corrected chi connectivity index (χ3v) is 3.16. The molecule has 0 heterocycles. The van der Waals surface area contributed by atoms with Gasteiger partial charge in [-0.05, 0) is 25.0 Å². The lowest BCUT2D eigenvalue weighted by atomic mass is 10.1. The minimum absolute atomic E-state index is 0.0619. The molecule has 1 aromatic carbocycles. The number of anilines is 1. The molecule has 0 spiro atoms. The van der Waals surface area contributed by atoms with Crippen LogP contribution in [0.2, 0.25) is 5.02 Å². The van der Waals surface area contributed by atoms with Gasteiger partial charge in [-0.2, -0.15) is 0 Å². The van der Waals surface area contributed by atoms with E-state index in [1.807, 2.05) is 0 Å². The van der Waals surface area contributed by atoms with Crippen LogP contribution in [-0.4, -0.2) is 29.6 Å². The maximum Gasteiger partial charge on any atom is 0.313 e. The van der Waals surface area contributed by atoms with Gasteiger partial charge >= 0.3 is 11.8 Å². The maximum atomic E-state index is 11.7. The topological polar surface area (TPSA) is 78.4 Å². The fraction of sp³-hybridized carbons (Fsp3) is 0.385. The monoisotopic (exact) mass is 284 g/mol. The van der Waals surface area contributed by atoms with Crippen molar-refractivity contribution in [3.63, 3.8) is 0 Å². The average molecular weight is 285 g/mol. The zero-order valence-corrected chi connectivity index (χ0v) is 11.6. The Kier molecular flexibility index (Phi) is 5.79. The van der Waals surface area contributed by atoms with Gasteiger partial charge in [-0.1, -0.05) is 30.7 Å². The zero-order valence-electron chi connectivity index (χ0n) is 10.8. The van der Waals surface area contributed by atoms with Gasteiger partial charge in [0.1, 0.15) is 0 Å². The van der Waals surface area contributed by atoms with Crippen LogP contribution in [0.1, 0.15) is 13.8 Å². The van der Waals surface area contributed by atoms with Crippen LogP contribution in [0, 0.1) is 5.92 Å². The van der Waals surface area contributed by atoms with Crippen LogP contribution in [0.5, 0.6) is 0 Å². The summed E-state index contributed by atoms with van der Waals surface area (Å²) in [6.07, 6.45) is 0. The highest BCUT2D eigenvalue weighted by molar-refractivity contribution is 6.41. The number of hydrogen-bond donors (Lipinski definition) is 3. The fourth-order valence-electron chi connectivity index (χ4n) is 1.31. The number of aliphatic hydroxyl groups is 1. The number of benzene rings is 1. The number of rotatable bonds is 4. The molecule has 0 radical (unpaired) electrons. The third kappa shape index (κ3) is 4.54. The first-order valence-corrected chi connectivity index (χ1v) is 6.30. The normalized spacial score (nSPS) is 13.5. The van der Waals surface area contributed by atoms with E-state index in [0.717, 1.165) is 0 Å². The molecule has 0 saturated heterocycles. The van der Waals surface area contributed by atoms with Gasteiger partial charge in [-0.25, -0.2) is 0 Å². The molecular weight excluding hydrogens is 268 g/mol. The molecule has 6 heteroatoms. The molecule has 19 heavy (non-hydrogen) atoms. The molecule has 2 atom stereocenters. The molecule has 0 fully saturated rings. The Balaban J connectivity index is 2.59. The first-order chi connectivity index (χ1) is 8.95. The van der Waals surface area contributed by atoms with Crippen LogP contribution in [0.25, 0.3) is 0 Å². The van der Waals surface area contributed by atoms with Crippen molar-refractivity contribution in [1.29, 1.82) is 0 Å². The lowest BCUT2D eigenvalue weighted by Crippen LogP contribution is -2.44. The van der Waals surface area contributed by atoms with Crippen LogP contribution < -0.4 is 10.6 Å². The van der Waals surface area contributed by atoms with Crippen LogP contribution in [0.4, 0.5) is 5.69 Å². The molecular formula is C13H17ClN2O3. The lowest BCUT2D eigenvalue weighted by Gasteiger charge is -2.18. The number of amides is 2. The van der Waals surface area contributed by atoms with Gasteiger partial charge in [0.15, 0.2) is 0 Å². The third-order valence-electron chi connectivity index (χ3n) is 2.83. The average Bonchev–Trinajstić information content (AvgIpc) is 2.40. The molecule has 2 amide bonds. The fourth-order valence-corrected chi connectivity index (χ4v) is 1.50. The summed E-state index contributed by atoms with van der Waals surface area (Å²) in [4.78, 5) is 23.3. The molecule has 1 rings (SSSR count). The number of carbonyl (C=O) groups is 2. The van der Waals surface area contributed by atoms with E-state index in [0.29, 0.717) is 10.7 Å². The van der Waals surface area contributed by atoms with Crippen molar-refractivity contribution >= 4 is 29.1 Å². The van der Waals surface area contributed by atoms with E-state index in [1.165, 1.54) is 0 Å². The molecule has 3 N–H and O–H groups in total. The smallest absolute Gasteiger partial charge is 0.313 e. The molecule has 2 unspecified atom stereocenters. The second-order valence-corrected chi connectivity index (χ2v) is 4.76. The second kappa shape index (κ2) is 7.11. The van der Waals surface area contributed by atoms with E-state index >= 15 is 0 Å². The van der Waals surface area contributed by atoms with Crippen molar-refractivity contribution < 1.29 is 14.7 Å². The van der Waals surface area contributed by atoms with Gasteiger partial charge in [-0.3, -0.25) is 9.59 Å². The van der Waals surface area contributed by atoms with E-state index in [1.54, 1.807) is 38.1 Å². The van der Waals surface area contributed by atoms with Crippen LogP contribution in [0.3, 0.4) is 0 Å². The highest BCUT2D eigenvalue weighted by Gasteiger charge is 2.19. The number of aliphatic hydroxyl groups excluding tert-OH is 1. The summed E-state index contributed by atoms with van der Waals surface area (Å²) in [5.74, 6) is -1.67. The predicted octanol–water partition coefficient (Wildman–Crippen LogP) is 1.41. The van der Waals surface area contributed by atoms with Gasteiger partial charge in [0.05, 0.1) is 10.7 Å². The van der Waals surface area contributed by atoms with E-state index in [-0.39, 0.29) is 18.6 Å². The standard InChI is InChI=1S/C13H17ClN2O3/c1-8(7-17)9(2)15-12(18)13(19)16-11-6-4-3-5-10(11)14/h3-6,8-9,17H,7H2,1-2H3,(H,15,18)(H,16,19). The summed E-state index contributed by atoms with van der Waals surface area (Å²) in [5.41, 5.74) is 0.382. The largest absolute Gasteiger partial charge is 0.396 e. The molecule has 0 saturated carbocycles. The molecule has 5 nitrogen and oxygen atoms in total. The summed E-state index contributed by atoms with van der Waals surface area (Å²) in [6.45, 7) is 3.44. The van der Waals surface area contributed by atoms with Gasteiger partial charge in [0, 0.05) is 12.6 Å². The number of para-hydroxylation sites is 1. The van der Waals surface area contributed by atoms with Gasteiger partial charge < -0.3 is 15.7 Å². The van der Waals surface area contributed by atoms with Gasteiger partial charge in [0.2, 0.25) is 0 Å². The van der Waals surface area contributed by atoms with Crippen molar-refractivity contribution in [3.05, 3.63) is 29.3 Å². The Bertz CT molecular complexity index is 465. The Hall–Kier alpha value is -1.59. The number of carbonyl (C=O) groups excluding carboxylic acids is 2. The van der Waals surface area contributed by atoms with E-state index in [2.05, 4.69) is 10.6 Å². The first kappa shape index (κ1) is 15.5. The van der Waals surface area contributed by atoms with Crippen molar-refractivity contribution in [2.75, 3.05) is 11.9 Å². The quantitative estimate of drug-likeness (QED) is 0.732. The molecule has 0 bridgehead atoms.